The molecule has 1 aromatic carbocycles. The van der Waals surface area contributed by atoms with Gasteiger partial charge in [0.15, 0.2) is 6.23 Å². The number of aliphatic hydroxyl groups is 2. The molecule has 0 aliphatic carbocycles. The topological polar surface area (TPSA) is 178 Å². The third-order valence-electron chi connectivity index (χ3n) is 5.29. The highest BCUT2D eigenvalue weighted by Crippen LogP contribution is 2.46. The van der Waals surface area contributed by atoms with Crippen molar-refractivity contribution in [2.24, 2.45) is 0 Å². The van der Waals surface area contributed by atoms with Crippen molar-refractivity contribution in [1.29, 1.82) is 0 Å². The molecule has 36 heavy (non-hydrogen) atoms. The predicted octanol–water partition coefficient (Wildman–Crippen LogP) is 0.679. The van der Waals surface area contributed by atoms with Gasteiger partial charge < -0.3 is 24.2 Å². The van der Waals surface area contributed by atoms with E-state index in [-0.39, 0.29) is 5.75 Å². The van der Waals surface area contributed by atoms with E-state index in [4.69, 9.17) is 18.5 Å². The van der Waals surface area contributed by atoms with Crippen molar-refractivity contribution >= 4 is 13.7 Å². The van der Waals surface area contributed by atoms with Crippen molar-refractivity contribution in [3.8, 4) is 5.75 Å². The van der Waals surface area contributed by atoms with E-state index in [0.717, 1.165) is 16.8 Å². The number of aromatic amines is 1. The largest absolute Gasteiger partial charge is 0.462 e. The van der Waals surface area contributed by atoms with Crippen molar-refractivity contribution in [3.63, 3.8) is 0 Å². The summed E-state index contributed by atoms with van der Waals surface area (Å²) in [5.41, 5.74) is -3.49. The summed E-state index contributed by atoms with van der Waals surface area (Å²) in [7, 11) is -4.26. The lowest BCUT2D eigenvalue weighted by atomic mass is 9.96. The van der Waals surface area contributed by atoms with E-state index >= 15 is 0 Å². The van der Waals surface area contributed by atoms with Crippen LogP contribution in [0.25, 0.3) is 0 Å². The molecule has 14 heteroatoms. The molecule has 0 bridgehead atoms. The SMILES string of the molecule is CC(C)OC(=O)[C@H](C)N[P@@](=O)(OC[C@H]1O[C@@H](n2ccc(=O)[nH]c2=O)C(C)(O)[C@@H]1O)Oc1ccccc1. The number of aromatic nitrogens is 2. The number of para-hydroxylation sites is 1. The van der Waals surface area contributed by atoms with E-state index in [9.17, 15) is 29.2 Å². The van der Waals surface area contributed by atoms with Gasteiger partial charge in [0.2, 0.25) is 0 Å². The van der Waals surface area contributed by atoms with Crippen LogP contribution >= 0.6 is 7.75 Å². The molecule has 0 radical (unpaired) electrons. The quantitative estimate of drug-likeness (QED) is 0.252. The van der Waals surface area contributed by atoms with Crippen molar-refractivity contribution in [2.75, 3.05) is 6.61 Å². The molecular formula is C22H30N3O10P. The summed E-state index contributed by atoms with van der Waals surface area (Å²) in [6.45, 7) is 5.42. The minimum atomic E-state index is -4.26. The van der Waals surface area contributed by atoms with Crippen LogP contribution in [0.3, 0.4) is 0 Å². The Morgan fingerprint density at radius 3 is 2.53 bits per heavy atom. The molecular weight excluding hydrogens is 497 g/mol. The Morgan fingerprint density at radius 1 is 1.25 bits per heavy atom. The Bertz CT molecular complexity index is 1210. The van der Waals surface area contributed by atoms with Crippen LogP contribution in [-0.4, -0.2) is 62.3 Å². The molecule has 198 valence electrons. The molecule has 1 aromatic heterocycles. The number of ether oxygens (including phenoxy) is 2. The average Bonchev–Trinajstić information content (AvgIpc) is 3.01. The number of carbonyl (C=O) groups excluding carboxylic acids is 1. The van der Waals surface area contributed by atoms with Gasteiger partial charge in [-0.1, -0.05) is 18.2 Å². The molecule has 4 N–H and O–H groups in total. The molecule has 1 unspecified atom stereocenters. The summed E-state index contributed by atoms with van der Waals surface area (Å²) >= 11 is 0. The molecule has 0 spiro atoms. The summed E-state index contributed by atoms with van der Waals surface area (Å²) < 4.78 is 36.3. The average molecular weight is 527 g/mol. The van der Waals surface area contributed by atoms with Crippen molar-refractivity contribution < 1.29 is 38.1 Å². The van der Waals surface area contributed by atoms with Crippen molar-refractivity contribution in [3.05, 3.63) is 63.4 Å². The van der Waals surface area contributed by atoms with E-state index in [1.54, 1.807) is 32.0 Å². The Morgan fingerprint density at radius 2 is 1.92 bits per heavy atom. The number of hydrogen-bond acceptors (Lipinski definition) is 10. The predicted molar refractivity (Wildman–Crippen MR) is 126 cm³/mol. The molecule has 1 aliphatic heterocycles. The van der Waals surface area contributed by atoms with Gasteiger partial charge in [-0.05, 0) is 39.8 Å². The highest BCUT2D eigenvalue weighted by Gasteiger charge is 2.54. The number of esters is 1. The molecule has 13 nitrogen and oxygen atoms in total. The van der Waals surface area contributed by atoms with Gasteiger partial charge in [0.05, 0.1) is 12.7 Å². The zero-order chi connectivity index (χ0) is 26.7. The van der Waals surface area contributed by atoms with Crippen LogP contribution in [0.4, 0.5) is 0 Å². The normalized spacial score (nSPS) is 26.4. The van der Waals surface area contributed by atoms with E-state index in [1.165, 1.54) is 26.0 Å². The fraction of sp³-hybridized carbons (Fsp3) is 0.500. The number of hydrogen-bond donors (Lipinski definition) is 4. The molecule has 2 aromatic rings. The third-order valence-corrected chi connectivity index (χ3v) is 6.94. The first-order valence-electron chi connectivity index (χ1n) is 11.2. The van der Waals surface area contributed by atoms with Gasteiger partial charge in [0, 0.05) is 12.3 Å². The number of H-pyrrole nitrogens is 1. The molecule has 3 rings (SSSR count). The Kier molecular flexibility index (Phi) is 8.55. The fourth-order valence-electron chi connectivity index (χ4n) is 3.50. The van der Waals surface area contributed by atoms with Crippen LogP contribution in [0.5, 0.6) is 5.75 Å². The third kappa shape index (κ3) is 6.49. The Labute approximate surface area is 206 Å². The minimum Gasteiger partial charge on any atom is -0.462 e. The maximum Gasteiger partial charge on any atom is 0.459 e. The molecule has 1 saturated heterocycles. The van der Waals surface area contributed by atoms with Crippen molar-refractivity contribution in [1.82, 2.24) is 14.6 Å². The number of aliphatic hydroxyl groups excluding tert-OH is 1. The molecule has 0 saturated carbocycles. The first kappa shape index (κ1) is 27.8. The zero-order valence-electron chi connectivity index (χ0n) is 20.2. The van der Waals surface area contributed by atoms with E-state index < -0.39 is 67.8 Å². The van der Waals surface area contributed by atoms with Crippen molar-refractivity contribution in [2.45, 2.75) is 63.9 Å². The second kappa shape index (κ2) is 11.1. The molecule has 0 amide bonds. The molecule has 1 aliphatic rings. The maximum absolute atomic E-state index is 13.6. The minimum absolute atomic E-state index is 0.176. The van der Waals surface area contributed by atoms with Crippen LogP contribution < -0.4 is 20.9 Å². The number of rotatable bonds is 10. The van der Waals surface area contributed by atoms with E-state index in [0.29, 0.717) is 0 Å². The first-order chi connectivity index (χ1) is 16.8. The van der Waals surface area contributed by atoms with E-state index in [1.807, 2.05) is 4.98 Å². The van der Waals surface area contributed by atoms with Crippen LogP contribution in [0.2, 0.25) is 0 Å². The van der Waals surface area contributed by atoms with Gasteiger partial charge in [-0.2, -0.15) is 5.09 Å². The summed E-state index contributed by atoms with van der Waals surface area (Å²) in [5, 5.41) is 24.0. The smallest absolute Gasteiger partial charge is 0.459 e. The number of benzene rings is 1. The van der Waals surface area contributed by atoms with Gasteiger partial charge in [-0.3, -0.25) is 23.7 Å². The maximum atomic E-state index is 13.6. The summed E-state index contributed by atoms with van der Waals surface area (Å²) in [6, 6.07) is 8.02. The monoisotopic (exact) mass is 527 g/mol. The number of nitrogens with one attached hydrogen (secondary N) is 2. The Hall–Kier alpha value is -2.80. The summed E-state index contributed by atoms with van der Waals surface area (Å²) in [6.07, 6.45) is -3.54. The van der Waals surface area contributed by atoms with Crippen LogP contribution in [-0.2, 0) is 23.4 Å². The van der Waals surface area contributed by atoms with E-state index in [2.05, 4.69) is 5.09 Å². The zero-order valence-corrected chi connectivity index (χ0v) is 21.1. The highest BCUT2D eigenvalue weighted by atomic mass is 31.2. The summed E-state index contributed by atoms with van der Waals surface area (Å²) in [5.74, 6) is -0.515. The Balaban J connectivity index is 1.80. The second-order valence-electron chi connectivity index (χ2n) is 8.75. The molecule has 1 fully saturated rings. The number of carbonyl (C=O) groups is 1. The van der Waals surface area contributed by atoms with Gasteiger partial charge in [-0.25, -0.2) is 9.36 Å². The standard InChI is InChI=1S/C22H30N3O10P/c1-13(2)33-19(28)14(3)24-36(31,35-15-8-6-5-7-9-15)32-12-16-18(27)22(4,30)20(34-16)25-11-10-17(26)23-21(25)29/h5-11,13-14,16,18,20,27,30H,12H2,1-4H3,(H,24,31)(H,23,26,29)/t14-,16+,18+,20+,22?,36+/m0/s1. The number of nitrogens with zero attached hydrogens (tertiary/aromatic N) is 1. The van der Waals surface area contributed by atoms with Crippen LogP contribution in [0.15, 0.2) is 52.2 Å². The lowest BCUT2D eigenvalue weighted by Crippen LogP contribution is -2.47. The molecule has 2 heterocycles. The van der Waals surface area contributed by atoms with Crippen LogP contribution in [0.1, 0.15) is 33.9 Å². The molecule has 6 atom stereocenters. The van der Waals surface area contributed by atoms with Gasteiger partial charge in [-0.15, -0.1) is 0 Å². The fourth-order valence-corrected chi connectivity index (χ4v) is 5.00. The van der Waals surface area contributed by atoms with Gasteiger partial charge >= 0.3 is 19.4 Å². The lowest BCUT2D eigenvalue weighted by molar-refractivity contribution is -0.149. The lowest BCUT2D eigenvalue weighted by Gasteiger charge is -2.27. The van der Waals surface area contributed by atoms with Gasteiger partial charge in [0.25, 0.3) is 5.56 Å². The summed E-state index contributed by atoms with van der Waals surface area (Å²) in [4.78, 5) is 37.9. The highest BCUT2D eigenvalue weighted by molar-refractivity contribution is 7.52. The first-order valence-corrected chi connectivity index (χ1v) is 12.7. The van der Waals surface area contributed by atoms with Gasteiger partial charge in [0.1, 0.15) is 29.6 Å². The second-order valence-corrected chi connectivity index (χ2v) is 10.4. The van der Waals surface area contributed by atoms with Crippen LogP contribution in [0, 0.1) is 0 Å².